The quantitative estimate of drug-likeness (QED) is 0.647. The summed E-state index contributed by atoms with van der Waals surface area (Å²) >= 11 is 0. The third kappa shape index (κ3) is 3.17. The summed E-state index contributed by atoms with van der Waals surface area (Å²) in [6.07, 6.45) is 0. The minimum Gasteiger partial charge on any atom is -0.369 e. The SMILES string of the molecule is O=C1c2cccc3cccc(c23)C(=O)N1CCN1CCN(c2ccccc2)CC1. The van der Waals surface area contributed by atoms with Gasteiger partial charge in [-0.3, -0.25) is 19.4 Å². The number of carbonyl (C=O) groups is 2. The molecule has 0 unspecified atom stereocenters. The van der Waals surface area contributed by atoms with Crippen molar-refractivity contribution in [2.45, 2.75) is 0 Å². The van der Waals surface area contributed by atoms with E-state index in [9.17, 15) is 9.59 Å². The Balaban J connectivity index is 1.26. The number of rotatable bonds is 4. The molecule has 0 spiro atoms. The smallest absolute Gasteiger partial charge is 0.261 e. The van der Waals surface area contributed by atoms with E-state index >= 15 is 0 Å². The first-order valence-electron chi connectivity index (χ1n) is 10.1. The molecular formula is C24H23N3O2. The molecule has 0 saturated carbocycles. The van der Waals surface area contributed by atoms with Crippen molar-refractivity contribution in [1.29, 1.82) is 0 Å². The van der Waals surface area contributed by atoms with Gasteiger partial charge in [0, 0.05) is 61.5 Å². The molecule has 0 atom stereocenters. The number of hydrogen-bond acceptors (Lipinski definition) is 4. The monoisotopic (exact) mass is 385 g/mol. The van der Waals surface area contributed by atoms with Crippen molar-refractivity contribution in [2.24, 2.45) is 0 Å². The Hall–Kier alpha value is -3.18. The molecule has 0 aliphatic carbocycles. The molecule has 2 aliphatic rings. The van der Waals surface area contributed by atoms with Crippen molar-refractivity contribution in [3.05, 3.63) is 77.9 Å². The minimum atomic E-state index is -0.178. The van der Waals surface area contributed by atoms with Crippen LogP contribution < -0.4 is 4.90 Å². The van der Waals surface area contributed by atoms with E-state index in [2.05, 4.69) is 34.1 Å². The highest BCUT2D eigenvalue weighted by Crippen LogP contribution is 2.29. The van der Waals surface area contributed by atoms with Crippen molar-refractivity contribution >= 4 is 28.3 Å². The van der Waals surface area contributed by atoms with E-state index in [-0.39, 0.29) is 11.8 Å². The van der Waals surface area contributed by atoms with E-state index in [0.717, 1.165) is 37.0 Å². The van der Waals surface area contributed by atoms with Gasteiger partial charge in [0.1, 0.15) is 0 Å². The molecule has 3 aromatic rings. The van der Waals surface area contributed by atoms with Crippen LogP contribution >= 0.6 is 0 Å². The van der Waals surface area contributed by atoms with Crippen LogP contribution in [-0.4, -0.2) is 60.9 Å². The number of nitrogens with zero attached hydrogens (tertiary/aromatic N) is 3. The Morgan fingerprint density at radius 3 is 1.90 bits per heavy atom. The maximum absolute atomic E-state index is 13.0. The largest absolute Gasteiger partial charge is 0.369 e. The fourth-order valence-electron chi connectivity index (χ4n) is 4.39. The number of piperazine rings is 1. The molecule has 1 saturated heterocycles. The highest BCUT2D eigenvalue weighted by Gasteiger charge is 2.32. The summed E-state index contributed by atoms with van der Waals surface area (Å²) in [6, 6.07) is 21.8. The van der Waals surface area contributed by atoms with Gasteiger partial charge in [0.05, 0.1) is 0 Å². The molecule has 0 radical (unpaired) electrons. The van der Waals surface area contributed by atoms with E-state index in [4.69, 9.17) is 0 Å². The van der Waals surface area contributed by atoms with Gasteiger partial charge in [-0.15, -0.1) is 0 Å². The van der Waals surface area contributed by atoms with Crippen LogP contribution in [0.15, 0.2) is 66.7 Å². The van der Waals surface area contributed by atoms with Gasteiger partial charge >= 0.3 is 0 Å². The van der Waals surface area contributed by atoms with Crippen LogP contribution in [-0.2, 0) is 0 Å². The molecule has 5 nitrogen and oxygen atoms in total. The van der Waals surface area contributed by atoms with Gasteiger partial charge in [-0.05, 0) is 29.7 Å². The Kier molecular flexibility index (Phi) is 4.52. The molecule has 5 heteroatoms. The van der Waals surface area contributed by atoms with Crippen LogP contribution in [0.25, 0.3) is 10.8 Å². The Bertz CT molecular complexity index is 1020. The number of benzene rings is 3. The molecule has 2 amide bonds. The number of para-hydroxylation sites is 1. The summed E-state index contributed by atoms with van der Waals surface area (Å²) in [6.45, 7) is 4.89. The Morgan fingerprint density at radius 2 is 1.28 bits per heavy atom. The lowest BCUT2D eigenvalue weighted by Crippen LogP contribution is -2.50. The summed E-state index contributed by atoms with van der Waals surface area (Å²) in [4.78, 5) is 32.1. The predicted molar refractivity (Wildman–Crippen MR) is 114 cm³/mol. The zero-order valence-corrected chi connectivity index (χ0v) is 16.3. The molecule has 0 bridgehead atoms. The highest BCUT2D eigenvalue weighted by molar-refractivity contribution is 6.25. The first kappa shape index (κ1) is 17.9. The summed E-state index contributed by atoms with van der Waals surface area (Å²) in [5, 5.41) is 1.73. The molecule has 2 heterocycles. The lowest BCUT2D eigenvalue weighted by molar-refractivity contribution is 0.0591. The van der Waals surface area contributed by atoms with Gasteiger partial charge in [0.25, 0.3) is 11.8 Å². The van der Waals surface area contributed by atoms with E-state index < -0.39 is 0 Å². The van der Waals surface area contributed by atoms with E-state index in [0.29, 0.717) is 24.2 Å². The van der Waals surface area contributed by atoms with Crippen LogP contribution in [0.1, 0.15) is 20.7 Å². The second kappa shape index (κ2) is 7.33. The average molecular weight is 385 g/mol. The third-order valence-electron chi connectivity index (χ3n) is 5.99. The molecular weight excluding hydrogens is 362 g/mol. The fourth-order valence-corrected chi connectivity index (χ4v) is 4.39. The van der Waals surface area contributed by atoms with Crippen molar-refractivity contribution in [1.82, 2.24) is 9.80 Å². The normalized spacial score (nSPS) is 17.2. The zero-order valence-electron chi connectivity index (χ0n) is 16.3. The van der Waals surface area contributed by atoms with E-state index in [1.807, 2.05) is 42.5 Å². The number of imide groups is 1. The standard InChI is InChI=1S/C24H23N3O2/c28-23-20-10-4-6-18-7-5-11-21(22(18)20)24(29)27(23)17-14-25-12-15-26(16-13-25)19-8-2-1-3-9-19/h1-11H,12-17H2. The maximum Gasteiger partial charge on any atom is 0.261 e. The molecule has 29 heavy (non-hydrogen) atoms. The van der Waals surface area contributed by atoms with Crippen LogP contribution in [0.2, 0.25) is 0 Å². The maximum atomic E-state index is 13.0. The molecule has 0 N–H and O–H groups in total. The average Bonchev–Trinajstić information content (AvgIpc) is 2.78. The van der Waals surface area contributed by atoms with E-state index in [1.165, 1.54) is 10.6 Å². The zero-order chi connectivity index (χ0) is 19.8. The Labute approximate surface area is 170 Å². The van der Waals surface area contributed by atoms with Crippen molar-refractivity contribution in [2.75, 3.05) is 44.2 Å². The van der Waals surface area contributed by atoms with Crippen LogP contribution in [0.3, 0.4) is 0 Å². The number of hydrogen-bond donors (Lipinski definition) is 0. The fraction of sp³-hybridized carbons (Fsp3) is 0.250. The topological polar surface area (TPSA) is 43.9 Å². The minimum absolute atomic E-state index is 0.178. The van der Waals surface area contributed by atoms with Crippen LogP contribution in [0, 0.1) is 0 Å². The molecule has 0 aromatic heterocycles. The Morgan fingerprint density at radius 1 is 0.655 bits per heavy atom. The van der Waals surface area contributed by atoms with Gasteiger partial charge < -0.3 is 4.90 Å². The van der Waals surface area contributed by atoms with Gasteiger partial charge in [-0.2, -0.15) is 0 Å². The highest BCUT2D eigenvalue weighted by atomic mass is 16.2. The molecule has 5 rings (SSSR count). The number of anilines is 1. The van der Waals surface area contributed by atoms with Gasteiger partial charge in [0.15, 0.2) is 0 Å². The summed E-state index contributed by atoms with van der Waals surface area (Å²) in [5.41, 5.74) is 2.51. The third-order valence-corrected chi connectivity index (χ3v) is 5.99. The number of carbonyl (C=O) groups excluding carboxylic acids is 2. The molecule has 2 aliphatic heterocycles. The first-order chi connectivity index (χ1) is 14.2. The molecule has 3 aromatic carbocycles. The van der Waals surface area contributed by atoms with Crippen LogP contribution in [0.5, 0.6) is 0 Å². The lowest BCUT2D eigenvalue weighted by Gasteiger charge is -2.37. The predicted octanol–water partition coefficient (Wildman–Crippen LogP) is 3.26. The second-order valence-corrected chi connectivity index (χ2v) is 7.64. The van der Waals surface area contributed by atoms with Crippen LogP contribution in [0.4, 0.5) is 5.69 Å². The molecule has 146 valence electrons. The van der Waals surface area contributed by atoms with Crippen molar-refractivity contribution in [3.8, 4) is 0 Å². The summed E-state index contributed by atoms with van der Waals surface area (Å²) in [7, 11) is 0. The first-order valence-corrected chi connectivity index (χ1v) is 10.1. The van der Waals surface area contributed by atoms with E-state index in [1.54, 1.807) is 0 Å². The van der Waals surface area contributed by atoms with Crippen molar-refractivity contribution < 1.29 is 9.59 Å². The van der Waals surface area contributed by atoms with Gasteiger partial charge in [-0.25, -0.2) is 0 Å². The number of amides is 2. The van der Waals surface area contributed by atoms with Crippen molar-refractivity contribution in [3.63, 3.8) is 0 Å². The molecule has 1 fully saturated rings. The second-order valence-electron chi connectivity index (χ2n) is 7.64. The summed E-state index contributed by atoms with van der Waals surface area (Å²) in [5.74, 6) is -0.357. The van der Waals surface area contributed by atoms with Gasteiger partial charge in [0.2, 0.25) is 0 Å². The lowest BCUT2D eigenvalue weighted by atomic mass is 9.94. The summed E-state index contributed by atoms with van der Waals surface area (Å²) < 4.78 is 0. The van der Waals surface area contributed by atoms with Gasteiger partial charge in [-0.1, -0.05) is 42.5 Å².